The van der Waals surface area contributed by atoms with E-state index < -0.39 is 4.92 Å². The lowest BCUT2D eigenvalue weighted by Crippen LogP contribution is -2.39. The van der Waals surface area contributed by atoms with Crippen molar-refractivity contribution in [1.82, 2.24) is 10.3 Å². The average Bonchev–Trinajstić information content (AvgIpc) is 2.98. The van der Waals surface area contributed by atoms with E-state index in [0.29, 0.717) is 19.0 Å². The normalized spacial score (nSPS) is 22.8. The van der Waals surface area contributed by atoms with Gasteiger partial charge in [0.05, 0.1) is 24.2 Å². The van der Waals surface area contributed by atoms with Gasteiger partial charge in [-0.3, -0.25) is 10.1 Å². The summed E-state index contributed by atoms with van der Waals surface area (Å²) in [6, 6.07) is 3.07. The molecule has 1 N–H and O–H groups in total. The Morgan fingerprint density at radius 2 is 2.04 bits per heavy atom. The van der Waals surface area contributed by atoms with Gasteiger partial charge in [0.2, 0.25) is 5.75 Å². The molecule has 2 aliphatic rings. The fourth-order valence-corrected chi connectivity index (χ4v) is 3.49. The molecule has 25 heavy (non-hydrogen) atoms. The number of nitrogens with one attached hydrogen (secondary N) is 1. The zero-order valence-electron chi connectivity index (χ0n) is 14.8. The molecule has 1 aromatic carbocycles. The Morgan fingerprint density at radius 3 is 2.72 bits per heavy atom. The van der Waals surface area contributed by atoms with Gasteiger partial charge in [-0.25, -0.2) is 0 Å². The Hall–Kier alpha value is -2.35. The average molecular weight is 348 g/mol. The maximum Gasteiger partial charge on any atom is 0.311 e. The molecule has 0 bridgehead atoms. The van der Waals surface area contributed by atoms with E-state index in [0.717, 1.165) is 30.8 Å². The second-order valence-corrected chi connectivity index (χ2v) is 6.31. The Balaban J connectivity index is 2.02. The lowest BCUT2D eigenvalue weighted by molar-refractivity contribution is -0.386. The van der Waals surface area contributed by atoms with Crippen molar-refractivity contribution in [2.75, 3.05) is 33.4 Å². The zero-order valence-corrected chi connectivity index (χ0v) is 14.8. The van der Waals surface area contributed by atoms with Gasteiger partial charge in [-0.05, 0) is 20.9 Å². The number of nitro groups is 1. The SMILES string of the molecule is CCOc1cc(OCC)c([N+](=O)[O-])cc1C1NN=C2CCN(C)CC21. The van der Waals surface area contributed by atoms with Crippen LogP contribution in [0.2, 0.25) is 0 Å². The first-order chi connectivity index (χ1) is 12.0. The van der Waals surface area contributed by atoms with Crippen LogP contribution in [0.3, 0.4) is 0 Å². The number of nitro benzene ring substituents is 1. The van der Waals surface area contributed by atoms with Crippen LogP contribution in [0.4, 0.5) is 5.69 Å². The van der Waals surface area contributed by atoms with Gasteiger partial charge in [-0.1, -0.05) is 0 Å². The first-order valence-corrected chi connectivity index (χ1v) is 8.63. The van der Waals surface area contributed by atoms with Gasteiger partial charge in [0, 0.05) is 48.8 Å². The van der Waals surface area contributed by atoms with Gasteiger partial charge >= 0.3 is 5.69 Å². The van der Waals surface area contributed by atoms with Crippen LogP contribution in [0, 0.1) is 16.0 Å². The van der Waals surface area contributed by atoms with Crippen LogP contribution in [0.1, 0.15) is 31.9 Å². The second-order valence-electron chi connectivity index (χ2n) is 6.31. The summed E-state index contributed by atoms with van der Waals surface area (Å²) in [5, 5.41) is 16.0. The second kappa shape index (κ2) is 7.26. The number of hydrazone groups is 1. The van der Waals surface area contributed by atoms with Crippen LogP contribution in [-0.4, -0.2) is 48.9 Å². The Morgan fingerprint density at radius 1 is 1.32 bits per heavy atom. The molecular formula is C17H24N4O4. The Bertz CT molecular complexity index is 691. The number of rotatable bonds is 6. The summed E-state index contributed by atoms with van der Waals surface area (Å²) in [7, 11) is 2.08. The molecule has 0 radical (unpaired) electrons. The number of fused-ring (bicyclic) bond motifs is 1. The quantitative estimate of drug-likeness (QED) is 0.627. The fourth-order valence-electron chi connectivity index (χ4n) is 3.49. The Kier molecular flexibility index (Phi) is 5.08. The van der Waals surface area contributed by atoms with Crippen molar-refractivity contribution in [2.45, 2.75) is 26.3 Å². The van der Waals surface area contributed by atoms with Crippen LogP contribution in [0.5, 0.6) is 11.5 Å². The Labute approximate surface area is 146 Å². The third-order valence-corrected chi connectivity index (χ3v) is 4.66. The molecule has 2 atom stereocenters. The molecule has 8 heteroatoms. The van der Waals surface area contributed by atoms with E-state index in [-0.39, 0.29) is 23.4 Å². The summed E-state index contributed by atoms with van der Waals surface area (Å²) in [6.45, 7) is 6.36. The van der Waals surface area contributed by atoms with E-state index in [1.54, 1.807) is 19.1 Å². The van der Waals surface area contributed by atoms with Crippen LogP contribution < -0.4 is 14.9 Å². The first kappa shape index (κ1) is 17.5. The minimum Gasteiger partial charge on any atom is -0.493 e. The smallest absolute Gasteiger partial charge is 0.311 e. The zero-order chi connectivity index (χ0) is 18.0. The van der Waals surface area contributed by atoms with Gasteiger partial charge in [-0.2, -0.15) is 5.10 Å². The highest BCUT2D eigenvalue weighted by atomic mass is 16.6. The van der Waals surface area contributed by atoms with Gasteiger partial charge in [0.15, 0.2) is 0 Å². The minimum absolute atomic E-state index is 0.0419. The molecule has 1 saturated heterocycles. The largest absolute Gasteiger partial charge is 0.493 e. The van der Waals surface area contributed by atoms with Crippen molar-refractivity contribution in [3.63, 3.8) is 0 Å². The number of ether oxygens (including phenoxy) is 2. The summed E-state index contributed by atoms with van der Waals surface area (Å²) in [5.74, 6) is 1.04. The molecule has 1 fully saturated rings. The van der Waals surface area contributed by atoms with E-state index in [1.165, 1.54) is 0 Å². The molecular weight excluding hydrogens is 324 g/mol. The summed E-state index contributed by atoms with van der Waals surface area (Å²) in [5.41, 5.74) is 5.02. The van der Waals surface area contributed by atoms with Crippen LogP contribution >= 0.6 is 0 Å². The van der Waals surface area contributed by atoms with E-state index in [4.69, 9.17) is 9.47 Å². The number of hydrogen-bond donors (Lipinski definition) is 1. The molecule has 2 heterocycles. The van der Waals surface area contributed by atoms with Crippen LogP contribution in [0.15, 0.2) is 17.2 Å². The molecule has 0 spiro atoms. The molecule has 0 amide bonds. The highest BCUT2D eigenvalue weighted by Crippen LogP contribution is 2.42. The standard InChI is InChI=1S/C17H24N4O4/c1-4-24-15-9-16(25-5-2)14(21(22)23)8-11(15)17-12-10-20(3)7-6-13(12)18-19-17/h8-9,12,17,19H,4-7,10H2,1-3H3. The maximum absolute atomic E-state index is 11.5. The minimum atomic E-state index is -0.409. The highest BCUT2D eigenvalue weighted by molar-refractivity contribution is 5.90. The number of likely N-dealkylation sites (tertiary alicyclic amines) is 1. The molecule has 2 aliphatic heterocycles. The van der Waals surface area contributed by atoms with Crippen molar-refractivity contribution in [3.8, 4) is 11.5 Å². The predicted molar refractivity (Wildman–Crippen MR) is 94.4 cm³/mol. The van der Waals surface area contributed by atoms with Gasteiger partial charge in [-0.15, -0.1) is 0 Å². The van der Waals surface area contributed by atoms with Gasteiger partial charge in [0.1, 0.15) is 5.75 Å². The molecule has 0 saturated carbocycles. The summed E-state index contributed by atoms with van der Waals surface area (Å²) in [6.07, 6.45) is 0.910. The summed E-state index contributed by atoms with van der Waals surface area (Å²) in [4.78, 5) is 13.3. The van der Waals surface area contributed by atoms with Crippen LogP contribution in [0.25, 0.3) is 0 Å². The summed E-state index contributed by atoms with van der Waals surface area (Å²) < 4.78 is 11.2. The van der Waals surface area contributed by atoms with E-state index in [2.05, 4.69) is 22.5 Å². The number of hydrogen-bond acceptors (Lipinski definition) is 7. The van der Waals surface area contributed by atoms with Crippen LogP contribution in [-0.2, 0) is 0 Å². The van der Waals surface area contributed by atoms with Gasteiger partial charge < -0.3 is 19.8 Å². The fraction of sp³-hybridized carbons (Fsp3) is 0.588. The third-order valence-electron chi connectivity index (χ3n) is 4.66. The lowest BCUT2D eigenvalue weighted by Gasteiger charge is -2.31. The van der Waals surface area contributed by atoms with Crippen molar-refractivity contribution in [1.29, 1.82) is 0 Å². The molecule has 8 nitrogen and oxygen atoms in total. The van der Waals surface area contributed by atoms with Crippen molar-refractivity contribution < 1.29 is 14.4 Å². The van der Waals surface area contributed by atoms with E-state index in [9.17, 15) is 10.1 Å². The van der Waals surface area contributed by atoms with Gasteiger partial charge in [0.25, 0.3) is 0 Å². The van der Waals surface area contributed by atoms with Crippen molar-refractivity contribution in [2.24, 2.45) is 11.0 Å². The lowest BCUT2D eigenvalue weighted by atomic mass is 9.86. The monoisotopic (exact) mass is 348 g/mol. The molecule has 136 valence electrons. The molecule has 0 aliphatic carbocycles. The first-order valence-electron chi connectivity index (χ1n) is 8.63. The topological polar surface area (TPSA) is 89.2 Å². The van der Waals surface area contributed by atoms with E-state index in [1.807, 2.05) is 6.92 Å². The molecule has 2 unspecified atom stereocenters. The number of benzene rings is 1. The predicted octanol–water partition coefficient (Wildman–Crippen LogP) is 2.34. The molecule has 1 aromatic rings. The van der Waals surface area contributed by atoms with Crippen molar-refractivity contribution in [3.05, 3.63) is 27.8 Å². The maximum atomic E-state index is 11.5. The van der Waals surface area contributed by atoms with Crippen molar-refractivity contribution >= 4 is 11.4 Å². The van der Waals surface area contributed by atoms with E-state index >= 15 is 0 Å². The molecule has 0 aromatic heterocycles. The number of nitrogens with zero attached hydrogens (tertiary/aromatic N) is 3. The summed E-state index contributed by atoms with van der Waals surface area (Å²) >= 11 is 0. The highest BCUT2D eigenvalue weighted by Gasteiger charge is 2.38. The molecule has 3 rings (SSSR count). The third kappa shape index (κ3) is 3.39. The number of piperidine rings is 1.